The van der Waals surface area contributed by atoms with Crippen molar-refractivity contribution in [1.82, 2.24) is 5.01 Å². The number of benzene rings is 1. The fraction of sp³-hybridized carbons (Fsp3) is 0.188. The first kappa shape index (κ1) is 19.9. The molecular weight excluding hydrogens is 401 g/mol. The van der Waals surface area contributed by atoms with Crippen molar-refractivity contribution in [3.8, 4) is 5.75 Å². The number of nitro groups is 1. The summed E-state index contributed by atoms with van der Waals surface area (Å²) in [5.74, 6) is -2.05. The molecule has 29 heavy (non-hydrogen) atoms. The molecule has 152 valence electrons. The molecule has 1 fully saturated rings. The van der Waals surface area contributed by atoms with Gasteiger partial charge in [0.05, 0.1) is 12.3 Å². The fourth-order valence-corrected chi connectivity index (χ4v) is 2.41. The summed E-state index contributed by atoms with van der Waals surface area (Å²) in [6, 6.07) is 6.86. The molecule has 0 atom stereocenters. The van der Waals surface area contributed by atoms with E-state index in [1.165, 1.54) is 18.2 Å². The van der Waals surface area contributed by atoms with Gasteiger partial charge in [-0.15, -0.1) is 13.2 Å². The van der Waals surface area contributed by atoms with E-state index in [1.54, 1.807) is 0 Å². The van der Waals surface area contributed by atoms with Crippen molar-refractivity contribution in [2.45, 2.75) is 6.36 Å². The molecule has 1 aromatic heterocycles. The van der Waals surface area contributed by atoms with Crippen LogP contribution in [0.25, 0.3) is 0 Å². The number of amides is 2. The summed E-state index contributed by atoms with van der Waals surface area (Å²) in [5, 5.41) is 15.2. The van der Waals surface area contributed by atoms with Gasteiger partial charge in [0.1, 0.15) is 23.8 Å². The van der Waals surface area contributed by atoms with E-state index in [0.717, 1.165) is 34.3 Å². The average molecular weight is 412 g/mol. The van der Waals surface area contributed by atoms with Crippen LogP contribution in [0.4, 0.5) is 24.7 Å². The molecule has 1 aliphatic heterocycles. The molecular formula is C16H11F3N4O6. The third kappa shape index (κ3) is 4.88. The Morgan fingerprint density at radius 3 is 2.38 bits per heavy atom. The molecule has 1 saturated heterocycles. The Labute approximate surface area is 159 Å². The number of halogens is 3. The molecule has 10 nitrogen and oxygen atoms in total. The molecule has 13 heteroatoms. The maximum absolute atomic E-state index is 12.3. The monoisotopic (exact) mass is 412 g/mol. The molecule has 2 aromatic rings. The van der Waals surface area contributed by atoms with Gasteiger partial charge in [-0.2, -0.15) is 5.10 Å². The highest BCUT2D eigenvalue weighted by atomic mass is 19.4. The topological polar surface area (TPSA) is 118 Å². The maximum Gasteiger partial charge on any atom is 0.573 e. The van der Waals surface area contributed by atoms with Crippen LogP contribution in [0.15, 0.2) is 45.9 Å². The number of ether oxygens (including phenoxy) is 1. The van der Waals surface area contributed by atoms with E-state index < -0.39 is 47.8 Å². The second kappa shape index (κ2) is 7.61. The first-order valence-corrected chi connectivity index (χ1v) is 7.87. The van der Waals surface area contributed by atoms with Crippen LogP contribution in [-0.2, 0) is 9.59 Å². The Morgan fingerprint density at radius 2 is 1.79 bits per heavy atom. The van der Waals surface area contributed by atoms with Gasteiger partial charge in [0.2, 0.25) is 5.91 Å². The van der Waals surface area contributed by atoms with Crippen LogP contribution in [0.5, 0.6) is 5.75 Å². The summed E-state index contributed by atoms with van der Waals surface area (Å²) in [6.45, 7) is -0.826. The van der Waals surface area contributed by atoms with Crippen molar-refractivity contribution in [2.24, 2.45) is 5.10 Å². The molecule has 2 amide bonds. The lowest BCUT2D eigenvalue weighted by Gasteiger charge is -2.31. The first-order chi connectivity index (χ1) is 13.6. The van der Waals surface area contributed by atoms with E-state index in [1.807, 2.05) is 0 Å². The summed E-state index contributed by atoms with van der Waals surface area (Å²) in [7, 11) is 0. The Kier molecular flexibility index (Phi) is 5.21. The fourth-order valence-electron chi connectivity index (χ4n) is 2.41. The van der Waals surface area contributed by atoms with E-state index in [-0.39, 0.29) is 11.4 Å². The number of furan rings is 1. The van der Waals surface area contributed by atoms with E-state index in [4.69, 9.17) is 4.42 Å². The minimum Gasteiger partial charge on any atom is -0.406 e. The summed E-state index contributed by atoms with van der Waals surface area (Å²) in [6.07, 6.45) is -3.79. The van der Waals surface area contributed by atoms with Crippen molar-refractivity contribution in [1.29, 1.82) is 0 Å². The van der Waals surface area contributed by atoms with Crippen molar-refractivity contribution >= 4 is 29.6 Å². The first-order valence-electron chi connectivity index (χ1n) is 7.87. The average Bonchev–Trinajstić information content (AvgIpc) is 3.11. The van der Waals surface area contributed by atoms with Crippen LogP contribution >= 0.6 is 0 Å². The van der Waals surface area contributed by atoms with Gasteiger partial charge in [-0.1, -0.05) is 0 Å². The van der Waals surface area contributed by atoms with Crippen LogP contribution in [0.1, 0.15) is 5.76 Å². The highest BCUT2D eigenvalue weighted by Gasteiger charge is 2.32. The van der Waals surface area contributed by atoms with Crippen molar-refractivity contribution in [3.63, 3.8) is 0 Å². The third-order valence-corrected chi connectivity index (χ3v) is 3.67. The van der Waals surface area contributed by atoms with Gasteiger partial charge >= 0.3 is 12.2 Å². The SMILES string of the molecule is O=C1CN(c2ccc(OC(F)(F)F)cc2)C(=O)CN1/N=C/c1ccc([N+](=O)[O-])o1. The van der Waals surface area contributed by atoms with Crippen molar-refractivity contribution < 1.29 is 36.8 Å². The maximum atomic E-state index is 12.3. The minimum atomic E-state index is -4.84. The van der Waals surface area contributed by atoms with E-state index in [2.05, 4.69) is 9.84 Å². The Hall–Kier alpha value is -3.90. The van der Waals surface area contributed by atoms with Crippen molar-refractivity contribution in [3.05, 3.63) is 52.3 Å². The largest absolute Gasteiger partial charge is 0.573 e. The molecule has 0 bridgehead atoms. The predicted molar refractivity (Wildman–Crippen MR) is 90.1 cm³/mol. The zero-order chi connectivity index (χ0) is 21.2. The number of hydrogen-bond acceptors (Lipinski definition) is 7. The molecule has 0 radical (unpaired) electrons. The van der Waals surface area contributed by atoms with E-state index in [9.17, 15) is 32.9 Å². The lowest BCUT2D eigenvalue weighted by atomic mass is 10.2. The van der Waals surface area contributed by atoms with Gasteiger partial charge in [0, 0.05) is 5.69 Å². The molecule has 0 unspecified atom stereocenters. The number of piperazine rings is 1. The normalized spacial score (nSPS) is 15.3. The molecule has 2 heterocycles. The van der Waals surface area contributed by atoms with E-state index >= 15 is 0 Å². The van der Waals surface area contributed by atoms with Crippen molar-refractivity contribution in [2.75, 3.05) is 18.0 Å². The number of alkyl halides is 3. The summed E-state index contributed by atoms with van der Waals surface area (Å²) in [5.41, 5.74) is 0.211. The number of hydrogen-bond donors (Lipinski definition) is 0. The van der Waals surface area contributed by atoms with Crippen LogP contribution in [0.3, 0.4) is 0 Å². The molecule has 1 aliphatic rings. The lowest BCUT2D eigenvalue weighted by molar-refractivity contribution is -0.402. The molecule has 0 saturated carbocycles. The zero-order valence-electron chi connectivity index (χ0n) is 14.3. The highest BCUT2D eigenvalue weighted by molar-refractivity contribution is 6.04. The number of hydrazone groups is 1. The molecule has 0 spiro atoms. The molecule has 1 aromatic carbocycles. The Morgan fingerprint density at radius 1 is 1.10 bits per heavy atom. The van der Waals surface area contributed by atoms with Crippen LogP contribution in [0, 0.1) is 10.1 Å². The lowest BCUT2D eigenvalue weighted by Crippen LogP contribution is -2.52. The minimum absolute atomic E-state index is 0.0135. The van der Waals surface area contributed by atoms with E-state index in [0.29, 0.717) is 0 Å². The summed E-state index contributed by atoms with van der Waals surface area (Å²) in [4.78, 5) is 35.4. The van der Waals surface area contributed by atoms with Crippen LogP contribution in [-0.4, -0.2) is 47.4 Å². The molecule has 0 aliphatic carbocycles. The van der Waals surface area contributed by atoms with Crippen LogP contribution < -0.4 is 9.64 Å². The van der Waals surface area contributed by atoms with Gasteiger partial charge in [-0.05, 0) is 30.3 Å². The predicted octanol–water partition coefficient (Wildman–Crippen LogP) is 2.30. The Balaban J connectivity index is 1.66. The van der Waals surface area contributed by atoms with Gasteiger partial charge in [0.25, 0.3) is 5.91 Å². The number of rotatable bonds is 5. The number of anilines is 1. The number of carbonyl (C=O) groups is 2. The Bertz CT molecular complexity index is 970. The molecule has 3 rings (SSSR count). The van der Waals surface area contributed by atoms with Gasteiger partial charge in [-0.3, -0.25) is 19.7 Å². The molecule has 0 N–H and O–H groups in total. The summed E-state index contributed by atoms with van der Waals surface area (Å²) >= 11 is 0. The van der Waals surface area contributed by atoms with Gasteiger partial charge in [0.15, 0.2) is 5.76 Å². The second-order valence-electron chi connectivity index (χ2n) is 5.65. The van der Waals surface area contributed by atoms with Crippen LogP contribution in [0.2, 0.25) is 0 Å². The van der Waals surface area contributed by atoms with Gasteiger partial charge < -0.3 is 14.1 Å². The zero-order valence-corrected chi connectivity index (χ0v) is 14.3. The third-order valence-electron chi connectivity index (χ3n) is 3.67. The second-order valence-corrected chi connectivity index (χ2v) is 5.65. The number of nitrogens with zero attached hydrogens (tertiary/aromatic N) is 4. The smallest absolute Gasteiger partial charge is 0.406 e. The highest BCUT2D eigenvalue weighted by Crippen LogP contribution is 2.26. The number of carbonyl (C=O) groups excluding carboxylic acids is 2. The standard InChI is InChI=1S/C16H11F3N4O6/c17-16(18,19)29-11-3-1-10(2-4-11)21-8-14(25)22(9-13(21)24)20-7-12-5-6-15(28-12)23(26)27/h1-7H,8-9H2/b20-7+. The quantitative estimate of drug-likeness (QED) is 0.422. The summed E-state index contributed by atoms with van der Waals surface area (Å²) < 4.78 is 45.2. The van der Waals surface area contributed by atoms with Gasteiger partial charge in [-0.25, -0.2) is 5.01 Å².